The summed E-state index contributed by atoms with van der Waals surface area (Å²) in [6.07, 6.45) is 6.37. The Morgan fingerprint density at radius 3 is 2.84 bits per heavy atom. The van der Waals surface area contributed by atoms with Gasteiger partial charge in [0.05, 0.1) is 31.5 Å². The predicted octanol–water partition coefficient (Wildman–Crippen LogP) is 4.98. The molecule has 0 saturated carbocycles. The number of aryl methyl sites for hydroxylation is 3. The predicted molar refractivity (Wildman–Crippen MR) is 145 cm³/mol. The topological polar surface area (TPSA) is 123 Å². The first-order valence-corrected chi connectivity index (χ1v) is 14.5. The summed E-state index contributed by atoms with van der Waals surface area (Å²) in [6, 6.07) is 7.74. The van der Waals surface area contributed by atoms with E-state index in [-0.39, 0.29) is 24.4 Å². The van der Waals surface area contributed by atoms with Crippen molar-refractivity contribution in [3.63, 3.8) is 0 Å². The number of hydrogen-bond donors (Lipinski definition) is 2. The van der Waals surface area contributed by atoms with Crippen LogP contribution in [0.1, 0.15) is 61.9 Å². The molecule has 3 aromatic rings. The highest BCUT2D eigenvalue weighted by Crippen LogP contribution is 2.57. The zero-order valence-corrected chi connectivity index (χ0v) is 23.2. The van der Waals surface area contributed by atoms with Crippen molar-refractivity contribution in [2.75, 3.05) is 13.2 Å². The molecule has 38 heavy (non-hydrogen) atoms. The Morgan fingerprint density at radius 1 is 1.29 bits per heavy atom. The average Bonchev–Trinajstić information content (AvgIpc) is 3.32. The van der Waals surface area contributed by atoms with Crippen LogP contribution in [0.4, 0.5) is 0 Å². The maximum atomic E-state index is 12.5. The fourth-order valence-electron chi connectivity index (χ4n) is 4.66. The van der Waals surface area contributed by atoms with Gasteiger partial charge in [0.2, 0.25) is 0 Å². The van der Waals surface area contributed by atoms with E-state index in [0.29, 0.717) is 43.2 Å². The van der Waals surface area contributed by atoms with Crippen LogP contribution in [-0.2, 0) is 29.0 Å². The minimum absolute atomic E-state index is 0.0845. The van der Waals surface area contributed by atoms with Crippen LogP contribution < -0.4 is 4.74 Å². The molecule has 0 radical (unpaired) electrons. The quantitative estimate of drug-likeness (QED) is 0.341. The molecule has 1 aliphatic rings. The molecule has 0 amide bonds. The molecule has 1 aromatic carbocycles. The van der Waals surface area contributed by atoms with Crippen LogP contribution in [0.5, 0.6) is 5.75 Å². The van der Waals surface area contributed by atoms with Gasteiger partial charge in [-0.25, -0.2) is 0 Å². The van der Waals surface area contributed by atoms with Crippen molar-refractivity contribution in [2.24, 2.45) is 0 Å². The Kier molecular flexibility index (Phi) is 9.03. The second-order valence-corrected chi connectivity index (χ2v) is 11.6. The third kappa shape index (κ3) is 6.52. The van der Waals surface area contributed by atoms with E-state index < -0.39 is 10.8 Å². The lowest BCUT2D eigenvalue weighted by Crippen LogP contribution is -2.33. The van der Waals surface area contributed by atoms with Crippen molar-refractivity contribution >= 4 is 16.7 Å². The van der Waals surface area contributed by atoms with Crippen molar-refractivity contribution in [2.45, 2.75) is 77.0 Å². The van der Waals surface area contributed by atoms with Crippen LogP contribution in [0, 0.1) is 6.92 Å². The molecule has 206 valence electrons. The fourth-order valence-corrected chi connectivity index (χ4v) is 6.29. The number of ether oxygens (including phenoxy) is 2. The molecule has 0 aliphatic carbocycles. The van der Waals surface area contributed by atoms with E-state index in [1.165, 1.54) is 12.4 Å². The number of nitrogens with zero attached hydrogens (tertiary/aromatic N) is 5. The maximum absolute atomic E-state index is 12.5. The Labute approximate surface area is 225 Å². The highest BCUT2D eigenvalue weighted by atomic mass is 32.3. The second kappa shape index (κ2) is 12.2. The number of fused-ring (bicyclic) bond motifs is 1. The summed E-state index contributed by atoms with van der Waals surface area (Å²) in [5, 5.41) is 8.37. The molecule has 4 rings (SSSR count). The summed E-state index contributed by atoms with van der Waals surface area (Å²) < 4.78 is 37.3. The smallest absolute Gasteiger partial charge is 0.306 e. The Morgan fingerprint density at radius 2 is 2.11 bits per heavy atom. The van der Waals surface area contributed by atoms with E-state index in [1.807, 2.05) is 39.1 Å². The number of carbonyl (C=O) groups is 1. The van der Waals surface area contributed by atoms with Crippen LogP contribution >= 0.6 is 10.8 Å². The molecular weight excluding hydrogens is 506 g/mol. The SMILES string of the molecule is CCOC(=O)CC(CCc1cn(CC)nn1)c1ccc(C)c(CN2CC(C)Oc3cnccc3S2(O)O)c1. The number of carbonyl (C=O) groups excluding carboxylic acids is 1. The third-order valence-electron chi connectivity index (χ3n) is 6.76. The molecule has 0 spiro atoms. The maximum Gasteiger partial charge on any atom is 0.306 e. The van der Waals surface area contributed by atoms with Gasteiger partial charge in [-0.2, -0.15) is 4.31 Å². The van der Waals surface area contributed by atoms with Gasteiger partial charge >= 0.3 is 5.97 Å². The van der Waals surface area contributed by atoms with Crippen LogP contribution in [0.15, 0.2) is 47.8 Å². The van der Waals surface area contributed by atoms with Crippen molar-refractivity contribution in [1.29, 1.82) is 0 Å². The second-order valence-electron chi connectivity index (χ2n) is 9.59. The molecule has 1 aliphatic heterocycles. The van der Waals surface area contributed by atoms with Crippen LogP contribution in [0.25, 0.3) is 0 Å². The first kappa shape index (κ1) is 28.0. The molecule has 2 aromatic heterocycles. The third-order valence-corrected chi connectivity index (χ3v) is 8.68. The number of hydrogen-bond acceptors (Lipinski definition) is 9. The average molecular weight is 544 g/mol. The molecule has 3 heterocycles. The van der Waals surface area contributed by atoms with Gasteiger partial charge in [-0.05, 0) is 69.2 Å². The van der Waals surface area contributed by atoms with Gasteiger partial charge < -0.3 is 9.47 Å². The number of rotatable bonds is 10. The minimum Gasteiger partial charge on any atom is -0.486 e. The van der Waals surface area contributed by atoms with Crippen molar-refractivity contribution in [3.8, 4) is 5.75 Å². The van der Waals surface area contributed by atoms with Gasteiger partial charge in [0, 0.05) is 25.5 Å². The fraction of sp³-hybridized carbons (Fsp3) is 0.481. The monoisotopic (exact) mass is 543 g/mol. The van der Waals surface area contributed by atoms with Crippen LogP contribution in [0.3, 0.4) is 0 Å². The summed E-state index contributed by atoms with van der Waals surface area (Å²) in [5.74, 6) is 0.0657. The molecule has 11 heteroatoms. The van der Waals surface area contributed by atoms with E-state index in [1.54, 1.807) is 22.0 Å². The zero-order valence-electron chi connectivity index (χ0n) is 22.4. The summed E-state index contributed by atoms with van der Waals surface area (Å²) in [5.41, 5.74) is 3.87. The van der Waals surface area contributed by atoms with E-state index in [4.69, 9.17) is 9.47 Å². The summed E-state index contributed by atoms with van der Waals surface area (Å²) in [4.78, 5) is 16.9. The number of benzene rings is 1. The van der Waals surface area contributed by atoms with Crippen LogP contribution in [-0.4, -0.2) is 58.6 Å². The Bertz CT molecular complexity index is 1250. The first-order chi connectivity index (χ1) is 18.2. The lowest BCUT2D eigenvalue weighted by atomic mass is 9.88. The van der Waals surface area contributed by atoms with Gasteiger partial charge in [-0.1, -0.05) is 23.4 Å². The van der Waals surface area contributed by atoms with Crippen molar-refractivity contribution < 1.29 is 23.4 Å². The lowest BCUT2D eigenvalue weighted by molar-refractivity contribution is -0.143. The molecule has 10 nitrogen and oxygen atoms in total. The Hall–Kier alpha value is -2.99. The van der Waals surface area contributed by atoms with Gasteiger partial charge in [0.1, 0.15) is 11.0 Å². The highest BCUT2D eigenvalue weighted by Gasteiger charge is 2.34. The molecule has 0 saturated heterocycles. The van der Waals surface area contributed by atoms with Crippen molar-refractivity contribution in [3.05, 3.63) is 65.2 Å². The molecular formula is C27H37N5O5S. The standard InChI is InChI=1S/C27H37N5O5S/c1-5-31-18-24(29-30-31)10-9-22(14-27(33)36-6-2)21-8-7-19(3)23(13-21)17-32-16-20(4)37-25-15-28-12-11-26(25)38(32,34)35/h7-8,11-13,15,18,20,22,34-35H,5-6,9-10,14,16-17H2,1-4H3. The summed E-state index contributed by atoms with van der Waals surface area (Å²) in [7, 11) is -3.30. The van der Waals surface area contributed by atoms with Gasteiger partial charge in [-0.15, -0.1) is 15.9 Å². The molecule has 2 N–H and O–H groups in total. The number of aromatic nitrogens is 4. The van der Waals surface area contributed by atoms with E-state index in [2.05, 4.69) is 21.4 Å². The van der Waals surface area contributed by atoms with Gasteiger partial charge in [0.25, 0.3) is 0 Å². The summed E-state index contributed by atoms with van der Waals surface area (Å²) >= 11 is 0. The van der Waals surface area contributed by atoms with Crippen molar-refractivity contribution in [1.82, 2.24) is 24.3 Å². The minimum atomic E-state index is -3.30. The van der Waals surface area contributed by atoms with Crippen LogP contribution in [0.2, 0.25) is 0 Å². The van der Waals surface area contributed by atoms with Gasteiger partial charge in [0.15, 0.2) is 5.75 Å². The van der Waals surface area contributed by atoms with E-state index in [0.717, 1.165) is 28.9 Å². The lowest BCUT2D eigenvalue weighted by Gasteiger charge is -2.41. The molecule has 2 atom stereocenters. The molecule has 0 bridgehead atoms. The Balaban J connectivity index is 1.60. The molecule has 0 fully saturated rings. The largest absolute Gasteiger partial charge is 0.486 e. The zero-order chi connectivity index (χ0) is 27.3. The number of esters is 1. The van der Waals surface area contributed by atoms with E-state index >= 15 is 0 Å². The number of pyridine rings is 1. The molecule has 2 unspecified atom stereocenters. The summed E-state index contributed by atoms with van der Waals surface area (Å²) in [6.45, 7) is 9.45. The first-order valence-electron chi connectivity index (χ1n) is 13.0. The van der Waals surface area contributed by atoms with E-state index in [9.17, 15) is 13.9 Å². The van der Waals surface area contributed by atoms with Gasteiger partial charge in [-0.3, -0.25) is 23.6 Å². The normalized spacial score (nSPS) is 18.6. The highest BCUT2D eigenvalue weighted by molar-refractivity contribution is 8.22.